The van der Waals surface area contributed by atoms with Crippen LogP contribution in [0.1, 0.15) is 25.5 Å². The highest BCUT2D eigenvalue weighted by atomic mass is 16.3. The van der Waals surface area contributed by atoms with E-state index >= 15 is 0 Å². The highest BCUT2D eigenvalue weighted by Gasteiger charge is 2.27. The summed E-state index contributed by atoms with van der Waals surface area (Å²) >= 11 is 0. The lowest BCUT2D eigenvalue weighted by molar-refractivity contribution is 0.0621. The Kier molecular flexibility index (Phi) is 2.28. The van der Waals surface area contributed by atoms with Crippen molar-refractivity contribution >= 4 is 0 Å². The first-order chi connectivity index (χ1) is 6.62. The average molecular weight is 196 g/mol. The molecule has 0 spiro atoms. The maximum Gasteiger partial charge on any atom is 0.119 e. The quantitative estimate of drug-likeness (QED) is 0.702. The fourth-order valence-corrected chi connectivity index (χ4v) is 1.30. The van der Waals surface area contributed by atoms with E-state index in [-0.39, 0.29) is 6.54 Å². The van der Waals surface area contributed by atoms with Gasteiger partial charge in [0, 0.05) is 13.1 Å². The van der Waals surface area contributed by atoms with E-state index in [0.29, 0.717) is 5.69 Å². The summed E-state index contributed by atoms with van der Waals surface area (Å²) in [5, 5.41) is 17.7. The third kappa shape index (κ3) is 1.93. The summed E-state index contributed by atoms with van der Waals surface area (Å²) in [6.45, 7) is 2.72. The van der Waals surface area contributed by atoms with Gasteiger partial charge in [-0.05, 0) is 25.7 Å². The molecule has 1 atom stereocenters. The molecule has 2 rings (SSSR count). The van der Waals surface area contributed by atoms with Gasteiger partial charge in [-0.15, -0.1) is 5.10 Å². The number of aromatic nitrogens is 3. The van der Waals surface area contributed by atoms with Crippen LogP contribution in [0.2, 0.25) is 0 Å². The molecule has 1 fully saturated rings. The lowest BCUT2D eigenvalue weighted by Crippen LogP contribution is -2.31. The van der Waals surface area contributed by atoms with E-state index in [1.165, 1.54) is 12.8 Å². The summed E-state index contributed by atoms with van der Waals surface area (Å²) in [4.78, 5) is 0. The molecule has 3 N–H and O–H groups in total. The van der Waals surface area contributed by atoms with E-state index in [1.807, 2.05) is 0 Å². The molecular formula is C9H16N4O. The Labute approximate surface area is 82.9 Å². The summed E-state index contributed by atoms with van der Waals surface area (Å²) in [7, 11) is 0. The van der Waals surface area contributed by atoms with Gasteiger partial charge in [-0.3, -0.25) is 4.68 Å². The third-order valence-electron chi connectivity index (χ3n) is 2.63. The Hall–Kier alpha value is -0.940. The van der Waals surface area contributed by atoms with Gasteiger partial charge in [-0.25, -0.2) is 0 Å². The monoisotopic (exact) mass is 196 g/mol. The molecule has 5 heteroatoms. The molecule has 5 nitrogen and oxygen atoms in total. The normalized spacial score (nSPS) is 20.8. The summed E-state index contributed by atoms with van der Waals surface area (Å²) in [5.74, 6) is 0.757. The van der Waals surface area contributed by atoms with Crippen molar-refractivity contribution in [1.82, 2.24) is 15.0 Å². The van der Waals surface area contributed by atoms with Crippen LogP contribution >= 0.6 is 0 Å². The van der Waals surface area contributed by atoms with Crippen molar-refractivity contribution < 1.29 is 5.11 Å². The van der Waals surface area contributed by atoms with Crippen LogP contribution in [0, 0.1) is 5.92 Å². The van der Waals surface area contributed by atoms with E-state index in [2.05, 4.69) is 10.3 Å². The smallest absolute Gasteiger partial charge is 0.119 e. The topological polar surface area (TPSA) is 77.0 Å². The van der Waals surface area contributed by atoms with Gasteiger partial charge in [0.05, 0.1) is 6.20 Å². The van der Waals surface area contributed by atoms with Crippen molar-refractivity contribution in [3.05, 3.63) is 11.9 Å². The van der Waals surface area contributed by atoms with E-state index in [0.717, 1.165) is 12.5 Å². The zero-order valence-electron chi connectivity index (χ0n) is 8.35. The van der Waals surface area contributed by atoms with E-state index in [9.17, 15) is 5.11 Å². The molecule has 1 aromatic heterocycles. The molecule has 0 radical (unpaired) electrons. The Morgan fingerprint density at radius 2 is 2.43 bits per heavy atom. The molecule has 1 aliphatic rings. The lowest BCUT2D eigenvalue weighted by Gasteiger charge is -2.16. The lowest BCUT2D eigenvalue weighted by atomic mass is 10.0. The van der Waals surface area contributed by atoms with E-state index < -0.39 is 5.60 Å². The first-order valence-corrected chi connectivity index (χ1v) is 4.95. The van der Waals surface area contributed by atoms with Crippen LogP contribution in [-0.2, 0) is 12.1 Å². The number of nitrogens with zero attached hydrogens (tertiary/aromatic N) is 3. The summed E-state index contributed by atoms with van der Waals surface area (Å²) < 4.78 is 1.79. The molecule has 1 saturated carbocycles. The second-order valence-electron chi connectivity index (χ2n) is 4.25. The van der Waals surface area contributed by atoms with E-state index in [4.69, 9.17) is 5.73 Å². The molecule has 1 heterocycles. The average Bonchev–Trinajstić information content (AvgIpc) is 2.81. The van der Waals surface area contributed by atoms with Gasteiger partial charge in [-0.1, -0.05) is 5.21 Å². The van der Waals surface area contributed by atoms with Crippen LogP contribution in [0.15, 0.2) is 6.20 Å². The van der Waals surface area contributed by atoms with Crippen LogP contribution in [-0.4, -0.2) is 26.6 Å². The third-order valence-corrected chi connectivity index (χ3v) is 2.63. The first kappa shape index (κ1) is 9.61. The summed E-state index contributed by atoms with van der Waals surface area (Å²) in [6.07, 6.45) is 4.34. The van der Waals surface area contributed by atoms with Gasteiger partial charge < -0.3 is 10.8 Å². The van der Waals surface area contributed by atoms with Crippen molar-refractivity contribution in [2.24, 2.45) is 11.7 Å². The van der Waals surface area contributed by atoms with Crippen LogP contribution in [0.4, 0.5) is 0 Å². The van der Waals surface area contributed by atoms with Crippen molar-refractivity contribution in [2.75, 3.05) is 6.54 Å². The molecule has 0 amide bonds. The molecule has 1 aromatic rings. The van der Waals surface area contributed by atoms with Gasteiger partial charge >= 0.3 is 0 Å². The number of nitrogens with two attached hydrogens (primary N) is 1. The number of rotatable bonds is 4. The standard InChI is InChI=1S/C9H16N4O/c1-9(14,6-10)8-5-13(12-11-8)4-7-2-3-7/h5,7,14H,2-4,6,10H2,1H3. The predicted molar refractivity (Wildman–Crippen MR) is 51.4 cm³/mol. The predicted octanol–water partition coefficient (Wildman–Crippen LogP) is -0.146. The minimum atomic E-state index is -1.05. The molecule has 1 aliphatic carbocycles. The van der Waals surface area contributed by atoms with Crippen LogP contribution < -0.4 is 5.73 Å². The minimum Gasteiger partial charge on any atom is -0.382 e. The molecule has 1 unspecified atom stereocenters. The largest absolute Gasteiger partial charge is 0.382 e. The van der Waals surface area contributed by atoms with Gasteiger partial charge in [0.2, 0.25) is 0 Å². The molecule has 14 heavy (non-hydrogen) atoms. The Bertz CT molecular complexity index is 316. The van der Waals surface area contributed by atoms with Crippen molar-refractivity contribution in [3.63, 3.8) is 0 Å². The molecule has 0 saturated heterocycles. The molecule has 0 aliphatic heterocycles. The summed E-state index contributed by atoms with van der Waals surface area (Å²) in [6, 6.07) is 0. The summed E-state index contributed by atoms with van der Waals surface area (Å²) in [5.41, 5.74) is 4.94. The van der Waals surface area contributed by atoms with Gasteiger partial charge in [-0.2, -0.15) is 0 Å². The maximum atomic E-state index is 9.82. The second kappa shape index (κ2) is 3.33. The number of aliphatic hydroxyl groups is 1. The van der Waals surface area contributed by atoms with Gasteiger partial charge in [0.25, 0.3) is 0 Å². The first-order valence-electron chi connectivity index (χ1n) is 4.95. The van der Waals surface area contributed by atoms with Gasteiger partial charge in [0.1, 0.15) is 11.3 Å². The molecule has 0 aromatic carbocycles. The minimum absolute atomic E-state index is 0.162. The molecular weight excluding hydrogens is 180 g/mol. The second-order valence-corrected chi connectivity index (χ2v) is 4.25. The van der Waals surface area contributed by atoms with Crippen molar-refractivity contribution in [1.29, 1.82) is 0 Å². The number of hydrogen-bond acceptors (Lipinski definition) is 4. The number of hydrogen-bond donors (Lipinski definition) is 2. The van der Waals surface area contributed by atoms with Crippen LogP contribution in [0.5, 0.6) is 0 Å². The zero-order valence-corrected chi connectivity index (χ0v) is 8.35. The molecule has 0 bridgehead atoms. The Morgan fingerprint density at radius 3 is 3.00 bits per heavy atom. The maximum absolute atomic E-state index is 9.82. The SMILES string of the molecule is CC(O)(CN)c1cn(CC2CC2)nn1. The highest BCUT2D eigenvalue weighted by Crippen LogP contribution is 2.30. The van der Waals surface area contributed by atoms with Crippen molar-refractivity contribution in [3.8, 4) is 0 Å². The van der Waals surface area contributed by atoms with Crippen LogP contribution in [0.3, 0.4) is 0 Å². The Morgan fingerprint density at radius 1 is 1.71 bits per heavy atom. The van der Waals surface area contributed by atoms with Crippen LogP contribution in [0.25, 0.3) is 0 Å². The zero-order chi connectivity index (χ0) is 10.2. The Balaban J connectivity index is 2.07. The fourth-order valence-electron chi connectivity index (χ4n) is 1.30. The highest BCUT2D eigenvalue weighted by molar-refractivity contribution is 5.05. The van der Waals surface area contributed by atoms with Gasteiger partial charge in [0.15, 0.2) is 0 Å². The van der Waals surface area contributed by atoms with E-state index in [1.54, 1.807) is 17.8 Å². The molecule has 78 valence electrons. The van der Waals surface area contributed by atoms with Crippen molar-refractivity contribution in [2.45, 2.75) is 31.9 Å². The fraction of sp³-hybridized carbons (Fsp3) is 0.778.